The lowest BCUT2D eigenvalue weighted by Crippen LogP contribution is -2.27. The molecule has 130 valence electrons. The highest BCUT2D eigenvalue weighted by Crippen LogP contribution is 2.33. The van der Waals surface area contributed by atoms with E-state index in [9.17, 15) is 0 Å². The Morgan fingerprint density at radius 2 is 1.81 bits per heavy atom. The summed E-state index contributed by atoms with van der Waals surface area (Å²) >= 11 is 0. The Bertz CT molecular complexity index is 1020. The molecule has 0 saturated carbocycles. The van der Waals surface area contributed by atoms with Crippen LogP contribution in [0.15, 0.2) is 65.5 Å². The molecule has 0 aliphatic rings. The minimum atomic E-state index is -0.135. The molecule has 5 nitrogen and oxygen atoms in total. The van der Waals surface area contributed by atoms with Crippen LogP contribution in [0.3, 0.4) is 0 Å². The summed E-state index contributed by atoms with van der Waals surface area (Å²) in [5.74, 6) is 1.30. The summed E-state index contributed by atoms with van der Waals surface area (Å²) in [5, 5.41) is 3.44. The van der Waals surface area contributed by atoms with Crippen LogP contribution in [0.4, 0.5) is 5.82 Å². The monoisotopic (exact) mass is 344 g/mol. The van der Waals surface area contributed by atoms with E-state index in [0.717, 1.165) is 33.6 Å². The van der Waals surface area contributed by atoms with Crippen molar-refractivity contribution in [1.29, 1.82) is 0 Å². The molecule has 0 saturated heterocycles. The molecule has 3 heterocycles. The quantitative estimate of drug-likeness (QED) is 0.556. The zero-order valence-electron chi connectivity index (χ0n) is 15.0. The van der Waals surface area contributed by atoms with Crippen molar-refractivity contribution in [2.24, 2.45) is 0 Å². The highest BCUT2D eigenvalue weighted by molar-refractivity contribution is 5.81. The molecule has 0 atom stereocenters. The molecule has 0 unspecified atom stereocenters. The fourth-order valence-corrected chi connectivity index (χ4v) is 2.76. The summed E-state index contributed by atoms with van der Waals surface area (Å²) in [6.07, 6.45) is 5.43. The van der Waals surface area contributed by atoms with E-state index < -0.39 is 0 Å². The van der Waals surface area contributed by atoms with E-state index in [4.69, 9.17) is 4.42 Å². The number of fused-ring (bicyclic) bond motifs is 1. The van der Waals surface area contributed by atoms with E-state index in [-0.39, 0.29) is 5.54 Å². The van der Waals surface area contributed by atoms with Gasteiger partial charge < -0.3 is 9.73 Å². The minimum absolute atomic E-state index is 0.135. The van der Waals surface area contributed by atoms with E-state index in [1.807, 2.05) is 54.9 Å². The second kappa shape index (κ2) is 6.26. The van der Waals surface area contributed by atoms with Gasteiger partial charge >= 0.3 is 0 Å². The maximum Gasteiger partial charge on any atom is 0.231 e. The van der Waals surface area contributed by atoms with Crippen LogP contribution in [0.1, 0.15) is 20.8 Å². The lowest BCUT2D eigenvalue weighted by atomic mass is 10.1. The Balaban J connectivity index is 1.88. The first-order valence-corrected chi connectivity index (χ1v) is 8.54. The van der Waals surface area contributed by atoms with Crippen LogP contribution >= 0.6 is 0 Å². The van der Waals surface area contributed by atoms with Crippen LogP contribution in [0, 0.1) is 0 Å². The number of hydrogen-bond donors (Lipinski definition) is 1. The number of aromatic nitrogens is 3. The molecule has 0 bridgehead atoms. The molecule has 0 spiro atoms. The Labute approximate surface area is 152 Å². The van der Waals surface area contributed by atoms with Gasteiger partial charge in [-0.2, -0.15) is 0 Å². The number of para-hydroxylation sites is 2. The van der Waals surface area contributed by atoms with Gasteiger partial charge in [-0.15, -0.1) is 0 Å². The van der Waals surface area contributed by atoms with E-state index in [1.54, 1.807) is 6.20 Å². The summed E-state index contributed by atoms with van der Waals surface area (Å²) in [5.41, 5.74) is 4.25. The van der Waals surface area contributed by atoms with Crippen molar-refractivity contribution in [1.82, 2.24) is 15.0 Å². The van der Waals surface area contributed by atoms with Gasteiger partial charge in [0.15, 0.2) is 5.58 Å². The fraction of sp³-hybridized carbons (Fsp3) is 0.190. The molecule has 4 rings (SSSR count). The Hall–Kier alpha value is -3.21. The SMILES string of the molecule is CC(C)(C)Nc1ncc(-c2cccnc2)cc1-c1nc2ccccc2o1. The first kappa shape index (κ1) is 16.3. The molecular weight excluding hydrogens is 324 g/mol. The molecule has 26 heavy (non-hydrogen) atoms. The maximum absolute atomic E-state index is 5.99. The largest absolute Gasteiger partial charge is 0.436 e. The molecule has 3 aromatic heterocycles. The molecular formula is C21H20N4O. The van der Waals surface area contributed by atoms with Crippen molar-refractivity contribution < 1.29 is 4.42 Å². The molecule has 0 aliphatic carbocycles. The normalized spacial score (nSPS) is 11.7. The van der Waals surface area contributed by atoms with Crippen molar-refractivity contribution in [2.45, 2.75) is 26.3 Å². The third-order valence-corrected chi connectivity index (χ3v) is 3.90. The smallest absolute Gasteiger partial charge is 0.231 e. The topological polar surface area (TPSA) is 63.8 Å². The average molecular weight is 344 g/mol. The average Bonchev–Trinajstić information content (AvgIpc) is 3.05. The number of rotatable bonds is 3. The predicted octanol–water partition coefficient (Wildman–Crippen LogP) is 5.16. The fourth-order valence-electron chi connectivity index (χ4n) is 2.76. The molecule has 0 radical (unpaired) electrons. The van der Waals surface area contributed by atoms with Gasteiger partial charge in [0, 0.05) is 35.3 Å². The van der Waals surface area contributed by atoms with Gasteiger partial charge in [-0.05, 0) is 45.0 Å². The van der Waals surface area contributed by atoms with Crippen LogP contribution in [-0.2, 0) is 0 Å². The Kier molecular flexibility index (Phi) is 3.92. The summed E-state index contributed by atoms with van der Waals surface area (Å²) in [7, 11) is 0. The first-order valence-electron chi connectivity index (χ1n) is 8.54. The van der Waals surface area contributed by atoms with Crippen molar-refractivity contribution >= 4 is 16.9 Å². The zero-order valence-corrected chi connectivity index (χ0v) is 15.0. The minimum Gasteiger partial charge on any atom is -0.436 e. The number of benzene rings is 1. The van der Waals surface area contributed by atoms with E-state index in [1.165, 1.54) is 0 Å². The predicted molar refractivity (Wildman–Crippen MR) is 104 cm³/mol. The van der Waals surface area contributed by atoms with Crippen molar-refractivity contribution in [3.63, 3.8) is 0 Å². The molecule has 4 aromatic rings. The van der Waals surface area contributed by atoms with Gasteiger partial charge in [-0.25, -0.2) is 9.97 Å². The Morgan fingerprint density at radius 3 is 2.54 bits per heavy atom. The summed E-state index contributed by atoms with van der Waals surface area (Å²) in [6, 6.07) is 13.7. The summed E-state index contributed by atoms with van der Waals surface area (Å²) in [4.78, 5) is 13.5. The van der Waals surface area contributed by atoms with Crippen molar-refractivity contribution in [3.05, 3.63) is 61.1 Å². The lowest BCUT2D eigenvalue weighted by molar-refractivity contribution is 0.614. The van der Waals surface area contributed by atoms with Gasteiger partial charge in [-0.1, -0.05) is 18.2 Å². The van der Waals surface area contributed by atoms with Crippen molar-refractivity contribution in [2.75, 3.05) is 5.32 Å². The maximum atomic E-state index is 5.99. The van der Waals surface area contributed by atoms with E-state index >= 15 is 0 Å². The second-order valence-corrected chi connectivity index (χ2v) is 7.22. The Morgan fingerprint density at radius 1 is 0.962 bits per heavy atom. The van der Waals surface area contributed by atoms with Gasteiger partial charge in [0.2, 0.25) is 5.89 Å². The molecule has 1 aromatic carbocycles. The molecule has 5 heteroatoms. The molecule has 0 amide bonds. The van der Waals surface area contributed by atoms with E-state index in [0.29, 0.717) is 5.89 Å². The summed E-state index contributed by atoms with van der Waals surface area (Å²) < 4.78 is 5.99. The molecule has 1 N–H and O–H groups in total. The number of hydrogen-bond acceptors (Lipinski definition) is 5. The van der Waals surface area contributed by atoms with Gasteiger partial charge in [0.05, 0.1) is 5.56 Å². The highest BCUT2D eigenvalue weighted by atomic mass is 16.3. The first-order chi connectivity index (χ1) is 12.5. The standard InChI is InChI=1S/C21H20N4O/c1-21(2,3)25-19-16(20-24-17-8-4-5-9-18(17)26-20)11-15(13-23-19)14-7-6-10-22-12-14/h4-13H,1-3H3,(H,23,25). The lowest BCUT2D eigenvalue weighted by Gasteiger charge is -2.22. The number of anilines is 1. The van der Waals surface area contributed by atoms with Gasteiger partial charge in [0.1, 0.15) is 11.3 Å². The van der Waals surface area contributed by atoms with Crippen molar-refractivity contribution in [3.8, 4) is 22.6 Å². The zero-order chi connectivity index (χ0) is 18.1. The number of pyridine rings is 2. The van der Waals surface area contributed by atoms with Gasteiger partial charge in [-0.3, -0.25) is 4.98 Å². The molecule has 0 aliphatic heterocycles. The third-order valence-electron chi connectivity index (χ3n) is 3.90. The van der Waals surface area contributed by atoms with Crippen LogP contribution in [0.25, 0.3) is 33.7 Å². The number of oxazole rings is 1. The third kappa shape index (κ3) is 3.28. The second-order valence-electron chi connectivity index (χ2n) is 7.22. The van der Waals surface area contributed by atoms with Crippen LogP contribution < -0.4 is 5.32 Å². The highest BCUT2D eigenvalue weighted by Gasteiger charge is 2.19. The van der Waals surface area contributed by atoms with Gasteiger partial charge in [0.25, 0.3) is 0 Å². The summed E-state index contributed by atoms with van der Waals surface area (Å²) in [6.45, 7) is 6.29. The number of nitrogens with one attached hydrogen (secondary N) is 1. The number of nitrogens with zero attached hydrogens (tertiary/aromatic N) is 3. The van der Waals surface area contributed by atoms with Crippen LogP contribution in [0.2, 0.25) is 0 Å². The van der Waals surface area contributed by atoms with Crippen LogP contribution in [-0.4, -0.2) is 20.5 Å². The van der Waals surface area contributed by atoms with Crippen LogP contribution in [0.5, 0.6) is 0 Å². The van der Waals surface area contributed by atoms with E-state index in [2.05, 4.69) is 41.0 Å². The molecule has 0 fully saturated rings.